The lowest BCUT2D eigenvalue weighted by atomic mass is 9.85. The van der Waals surface area contributed by atoms with Gasteiger partial charge in [-0.3, -0.25) is 0 Å². The molecule has 5 aromatic carbocycles. The first kappa shape index (κ1) is 21.4. The Labute approximate surface area is 207 Å². The first-order chi connectivity index (χ1) is 17.0. The van der Waals surface area contributed by atoms with Crippen LogP contribution in [0.1, 0.15) is 26.3 Å². The van der Waals surface area contributed by atoms with Crippen molar-refractivity contribution in [1.82, 2.24) is 4.57 Å². The highest BCUT2D eigenvalue weighted by molar-refractivity contribution is 6.10. The molecule has 0 N–H and O–H groups in total. The Morgan fingerprint density at radius 3 is 1.83 bits per heavy atom. The van der Waals surface area contributed by atoms with E-state index in [0.717, 1.165) is 0 Å². The van der Waals surface area contributed by atoms with Crippen LogP contribution >= 0.6 is 0 Å². The van der Waals surface area contributed by atoms with E-state index in [1.807, 2.05) is 0 Å². The Morgan fingerprint density at radius 1 is 0.457 bits per heavy atom. The summed E-state index contributed by atoms with van der Waals surface area (Å²) in [5, 5.41) is 2.56. The molecule has 0 atom stereocenters. The standard InChI is InChI=1S/C34H29N/c1-34(2,3)28-13-9-12-26(22-28)27-18-21-33-31(23-27)30-14-7-8-15-32(30)35(33)29-19-16-25(17-20-29)24-10-5-4-6-11-24/h4-23H,1-3H3. The molecule has 0 aliphatic rings. The fourth-order valence-electron chi connectivity index (χ4n) is 5.03. The third-order valence-corrected chi connectivity index (χ3v) is 6.97. The van der Waals surface area contributed by atoms with E-state index < -0.39 is 0 Å². The fourth-order valence-corrected chi connectivity index (χ4v) is 5.03. The van der Waals surface area contributed by atoms with Crippen LogP contribution in [0.2, 0.25) is 0 Å². The van der Waals surface area contributed by atoms with E-state index >= 15 is 0 Å². The fraction of sp³-hybridized carbons (Fsp3) is 0.118. The lowest BCUT2D eigenvalue weighted by Gasteiger charge is -2.20. The molecule has 0 spiro atoms. The van der Waals surface area contributed by atoms with E-state index in [9.17, 15) is 0 Å². The van der Waals surface area contributed by atoms with Gasteiger partial charge in [0.15, 0.2) is 0 Å². The molecule has 0 aliphatic heterocycles. The van der Waals surface area contributed by atoms with Crippen molar-refractivity contribution in [3.63, 3.8) is 0 Å². The van der Waals surface area contributed by atoms with Crippen molar-refractivity contribution in [1.29, 1.82) is 0 Å². The zero-order valence-corrected chi connectivity index (χ0v) is 20.5. The van der Waals surface area contributed by atoms with Crippen LogP contribution in [0.25, 0.3) is 49.7 Å². The molecule has 0 unspecified atom stereocenters. The first-order valence-electron chi connectivity index (χ1n) is 12.3. The second-order valence-electron chi connectivity index (χ2n) is 10.3. The van der Waals surface area contributed by atoms with E-state index in [1.165, 1.54) is 55.3 Å². The summed E-state index contributed by atoms with van der Waals surface area (Å²) in [5.74, 6) is 0. The van der Waals surface area contributed by atoms with Crippen molar-refractivity contribution >= 4 is 21.8 Å². The molecule has 0 fully saturated rings. The van der Waals surface area contributed by atoms with Gasteiger partial charge in [-0.05, 0) is 63.6 Å². The Balaban J connectivity index is 1.50. The van der Waals surface area contributed by atoms with Crippen LogP contribution in [-0.4, -0.2) is 4.57 Å². The maximum atomic E-state index is 2.38. The van der Waals surface area contributed by atoms with Crippen molar-refractivity contribution in [2.24, 2.45) is 0 Å². The summed E-state index contributed by atoms with van der Waals surface area (Å²) in [6, 6.07) is 44.0. The predicted molar refractivity (Wildman–Crippen MR) is 150 cm³/mol. The molecular formula is C34H29N. The second kappa shape index (κ2) is 8.29. The highest BCUT2D eigenvalue weighted by Gasteiger charge is 2.16. The third-order valence-electron chi connectivity index (χ3n) is 6.97. The van der Waals surface area contributed by atoms with Crippen LogP contribution in [0.4, 0.5) is 0 Å². The van der Waals surface area contributed by atoms with Gasteiger partial charge in [-0.2, -0.15) is 0 Å². The highest BCUT2D eigenvalue weighted by Crippen LogP contribution is 2.36. The van der Waals surface area contributed by atoms with Crippen molar-refractivity contribution in [2.75, 3.05) is 0 Å². The lowest BCUT2D eigenvalue weighted by molar-refractivity contribution is 0.590. The van der Waals surface area contributed by atoms with Gasteiger partial charge in [-0.1, -0.05) is 112 Å². The van der Waals surface area contributed by atoms with Gasteiger partial charge in [0.05, 0.1) is 11.0 Å². The lowest BCUT2D eigenvalue weighted by Crippen LogP contribution is -2.10. The van der Waals surface area contributed by atoms with E-state index in [-0.39, 0.29) is 5.41 Å². The summed E-state index contributed by atoms with van der Waals surface area (Å²) in [7, 11) is 0. The van der Waals surface area contributed by atoms with E-state index in [0.29, 0.717) is 0 Å². The smallest absolute Gasteiger partial charge is 0.0541 e. The summed E-state index contributed by atoms with van der Waals surface area (Å²) in [6.07, 6.45) is 0. The van der Waals surface area contributed by atoms with Crippen LogP contribution in [0.15, 0.2) is 121 Å². The highest BCUT2D eigenvalue weighted by atomic mass is 15.0. The van der Waals surface area contributed by atoms with E-state index in [2.05, 4.69) is 147 Å². The van der Waals surface area contributed by atoms with Crippen LogP contribution in [0.3, 0.4) is 0 Å². The molecule has 1 heterocycles. The van der Waals surface area contributed by atoms with Crippen molar-refractivity contribution < 1.29 is 0 Å². The molecule has 1 heteroatoms. The number of benzene rings is 5. The number of fused-ring (bicyclic) bond motifs is 3. The Hall–Kier alpha value is -4.10. The molecule has 0 radical (unpaired) electrons. The minimum absolute atomic E-state index is 0.127. The maximum absolute atomic E-state index is 2.38. The van der Waals surface area contributed by atoms with Gasteiger partial charge in [0.25, 0.3) is 0 Å². The van der Waals surface area contributed by atoms with Gasteiger partial charge < -0.3 is 4.57 Å². The monoisotopic (exact) mass is 451 g/mol. The van der Waals surface area contributed by atoms with Gasteiger partial charge >= 0.3 is 0 Å². The Bertz CT molecular complexity index is 1650. The Morgan fingerprint density at radius 2 is 1.06 bits per heavy atom. The largest absolute Gasteiger partial charge is 0.309 e. The summed E-state index contributed by atoms with van der Waals surface area (Å²) in [5.41, 5.74) is 10.1. The summed E-state index contributed by atoms with van der Waals surface area (Å²) < 4.78 is 2.38. The van der Waals surface area contributed by atoms with E-state index in [4.69, 9.17) is 0 Å². The molecule has 1 nitrogen and oxygen atoms in total. The molecular weight excluding hydrogens is 422 g/mol. The van der Waals surface area contributed by atoms with Crippen LogP contribution < -0.4 is 0 Å². The summed E-state index contributed by atoms with van der Waals surface area (Å²) >= 11 is 0. The first-order valence-corrected chi connectivity index (χ1v) is 12.3. The molecule has 0 saturated heterocycles. The van der Waals surface area contributed by atoms with Crippen molar-refractivity contribution in [2.45, 2.75) is 26.2 Å². The molecule has 6 rings (SSSR count). The van der Waals surface area contributed by atoms with Crippen molar-refractivity contribution in [3.8, 4) is 27.9 Å². The Kier molecular flexibility index (Phi) is 5.07. The molecule has 0 aliphatic carbocycles. The van der Waals surface area contributed by atoms with Gasteiger partial charge in [0.1, 0.15) is 0 Å². The summed E-state index contributed by atoms with van der Waals surface area (Å²) in [4.78, 5) is 0. The van der Waals surface area contributed by atoms with Gasteiger partial charge in [0.2, 0.25) is 0 Å². The zero-order chi connectivity index (χ0) is 24.0. The summed E-state index contributed by atoms with van der Waals surface area (Å²) in [6.45, 7) is 6.81. The molecule has 170 valence electrons. The number of hydrogen-bond acceptors (Lipinski definition) is 0. The topological polar surface area (TPSA) is 4.93 Å². The minimum atomic E-state index is 0.127. The quantitative estimate of drug-likeness (QED) is 0.252. The van der Waals surface area contributed by atoms with Crippen molar-refractivity contribution in [3.05, 3.63) is 127 Å². The average Bonchev–Trinajstić information content (AvgIpc) is 3.23. The molecule has 6 aromatic rings. The van der Waals surface area contributed by atoms with E-state index in [1.54, 1.807) is 0 Å². The molecule has 1 aromatic heterocycles. The molecule has 0 saturated carbocycles. The van der Waals surface area contributed by atoms with Gasteiger partial charge in [-0.25, -0.2) is 0 Å². The number of aromatic nitrogens is 1. The van der Waals surface area contributed by atoms with Crippen LogP contribution in [0.5, 0.6) is 0 Å². The predicted octanol–water partition coefficient (Wildman–Crippen LogP) is 9.42. The zero-order valence-electron chi connectivity index (χ0n) is 20.5. The number of rotatable bonds is 3. The second-order valence-corrected chi connectivity index (χ2v) is 10.3. The average molecular weight is 452 g/mol. The normalized spacial score (nSPS) is 11.9. The SMILES string of the molecule is CC(C)(C)c1cccc(-c2ccc3c(c2)c2ccccc2n3-c2ccc(-c3ccccc3)cc2)c1. The van der Waals surface area contributed by atoms with Gasteiger partial charge in [0, 0.05) is 16.5 Å². The number of nitrogens with zero attached hydrogens (tertiary/aromatic N) is 1. The van der Waals surface area contributed by atoms with Crippen LogP contribution in [0, 0.1) is 0 Å². The van der Waals surface area contributed by atoms with Crippen LogP contribution in [-0.2, 0) is 5.41 Å². The number of para-hydroxylation sites is 1. The minimum Gasteiger partial charge on any atom is -0.309 e. The molecule has 0 amide bonds. The molecule has 35 heavy (non-hydrogen) atoms. The van der Waals surface area contributed by atoms with Gasteiger partial charge in [-0.15, -0.1) is 0 Å². The number of hydrogen-bond donors (Lipinski definition) is 0. The third kappa shape index (κ3) is 3.84. The maximum Gasteiger partial charge on any atom is 0.0541 e. The molecule has 0 bridgehead atoms.